The first kappa shape index (κ1) is 21.6. The summed E-state index contributed by atoms with van der Waals surface area (Å²) in [6.45, 7) is 3.64. The zero-order chi connectivity index (χ0) is 22.8. The third-order valence-electron chi connectivity index (χ3n) is 5.89. The number of fused-ring (bicyclic) bond motifs is 1. The van der Waals surface area contributed by atoms with Crippen molar-refractivity contribution in [1.29, 1.82) is 5.26 Å². The van der Waals surface area contributed by atoms with Crippen molar-refractivity contribution in [3.8, 4) is 11.8 Å². The predicted molar refractivity (Wildman–Crippen MR) is 121 cm³/mol. The van der Waals surface area contributed by atoms with Crippen molar-refractivity contribution >= 4 is 22.6 Å². The highest BCUT2D eigenvalue weighted by Gasteiger charge is 2.28. The lowest BCUT2D eigenvalue weighted by atomic mass is 10.1. The zero-order valence-corrected chi connectivity index (χ0v) is 18.2. The number of carbonyl (C=O) groups excluding carboxylic acids is 1. The Morgan fingerprint density at radius 1 is 1.41 bits per heavy atom. The first-order valence-electron chi connectivity index (χ1n) is 10.7. The van der Waals surface area contributed by atoms with Crippen molar-refractivity contribution in [3.63, 3.8) is 0 Å². The van der Waals surface area contributed by atoms with Crippen LogP contribution in [-0.4, -0.2) is 46.1 Å². The normalized spacial score (nSPS) is 16.2. The Kier molecular flexibility index (Phi) is 5.97. The molecule has 3 aromatic rings. The average molecular weight is 435 g/mol. The quantitative estimate of drug-likeness (QED) is 0.589. The standard InChI is InChI=1S/C23H26N6O3/c1-3-29-21-20(18(11-24)22(29)27-9-5-7-16(25)12-27)26-14-28(23(21)31)13-19(30)15-6-4-8-17(10-15)32-2/h4,6,8,10,14,16H,3,5,7,9,12-13,25H2,1-2H3/t16-/m1/s1. The van der Waals surface area contributed by atoms with Crippen LogP contribution in [0.4, 0.5) is 5.82 Å². The summed E-state index contributed by atoms with van der Waals surface area (Å²) < 4.78 is 8.30. The highest BCUT2D eigenvalue weighted by Crippen LogP contribution is 2.31. The van der Waals surface area contributed by atoms with Crippen LogP contribution in [0.1, 0.15) is 35.7 Å². The number of rotatable bonds is 6. The van der Waals surface area contributed by atoms with E-state index in [1.165, 1.54) is 18.0 Å². The molecule has 1 saturated heterocycles. The molecule has 166 valence electrons. The fourth-order valence-electron chi connectivity index (χ4n) is 4.35. The van der Waals surface area contributed by atoms with E-state index in [0.29, 0.717) is 46.8 Å². The lowest BCUT2D eigenvalue weighted by Crippen LogP contribution is -2.44. The Morgan fingerprint density at radius 2 is 2.22 bits per heavy atom. The molecular formula is C23H26N6O3. The first-order valence-corrected chi connectivity index (χ1v) is 10.7. The lowest BCUT2D eigenvalue weighted by Gasteiger charge is -2.33. The van der Waals surface area contributed by atoms with Crippen molar-refractivity contribution in [2.24, 2.45) is 5.73 Å². The number of ether oxygens (including phenoxy) is 1. The van der Waals surface area contributed by atoms with Gasteiger partial charge in [0, 0.05) is 31.2 Å². The molecule has 3 heterocycles. The molecule has 0 saturated carbocycles. The second-order valence-corrected chi connectivity index (χ2v) is 7.93. The summed E-state index contributed by atoms with van der Waals surface area (Å²) in [4.78, 5) is 32.7. The second-order valence-electron chi connectivity index (χ2n) is 7.93. The van der Waals surface area contributed by atoms with Gasteiger partial charge in [0.25, 0.3) is 5.56 Å². The van der Waals surface area contributed by atoms with Gasteiger partial charge in [-0.2, -0.15) is 5.26 Å². The van der Waals surface area contributed by atoms with Crippen LogP contribution in [-0.2, 0) is 13.1 Å². The van der Waals surface area contributed by atoms with Gasteiger partial charge < -0.3 is 19.9 Å². The maximum atomic E-state index is 13.4. The number of nitrogens with zero attached hydrogens (tertiary/aromatic N) is 5. The highest BCUT2D eigenvalue weighted by molar-refractivity contribution is 5.96. The number of nitriles is 1. The van der Waals surface area contributed by atoms with Gasteiger partial charge in [0.1, 0.15) is 34.2 Å². The Labute approximate surface area is 185 Å². The summed E-state index contributed by atoms with van der Waals surface area (Å²) in [5.74, 6) is 1.02. The fraction of sp³-hybridized carbons (Fsp3) is 0.391. The van der Waals surface area contributed by atoms with E-state index in [1.807, 2.05) is 11.5 Å². The minimum atomic E-state index is -0.350. The molecule has 2 aromatic heterocycles. The molecule has 0 amide bonds. The van der Waals surface area contributed by atoms with E-state index >= 15 is 0 Å². The maximum Gasteiger partial charge on any atom is 0.278 e. The highest BCUT2D eigenvalue weighted by atomic mass is 16.5. The monoisotopic (exact) mass is 434 g/mol. The molecule has 1 atom stereocenters. The van der Waals surface area contributed by atoms with Gasteiger partial charge in [0.15, 0.2) is 5.78 Å². The molecule has 1 aromatic carbocycles. The Balaban J connectivity index is 1.79. The molecule has 1 aliphatic heterocycles. The predicted octanol–water partition coefficient (Wildman–Crippen LogP) is 1.91. The molecule has 2 N–H and O–H groups in total. The summed E-state index contributed by atoms with van der Waals surface area (Å²) in [6.07, 6.45) is 3.20. The molecule has 0 radical (unpaired) electrons. The summed E-state index contributed by atoms with van der Waals surface area (Å²) in [7, 11) is 1.53. The number of ketones is 1. The molecule has 1 aliphatic rings. The van der Waals surface area contributed by atoms with Gasteiger partial charge in [0.2, 0.25) is 0 Å². The van der Waals surface area contributed by atoms with Crippen molar-refractivity contribution in [2.45, 2.75) is 38.9 Å². The van der Waals surface area contributed by atoms with Crippen LogP contribution >= 0.6 is 0 Å². The van der Waals surface area contributed by atoms with E-state index in [0.717, 1.165) is 19.4 Å². The van der Waals surface area contributed by atoms with E-state index < -0.39 is 0 Å². The van der Waals surface area contributed by atoms with Gasteiger partial charge >= 0.3 is 0 Å². The summed E-state index contributed by atoms with van der Waals surface area (Å²) in [5.41, 5.74) is 7.33. The maximum absolute atomic E-state index is 13.4. The molecule has 0 aliphatic carbocycles. The lowest BCUT2D eigenvalue weighted by molar-refractivity contribution is 0.0970. The number of benzene rings is 1. The number of aromatic nitrogens is 3. The van der Waals surface area contributed by atoms with Crippen LogP contribution in [0.5, 0.6) is 5.75 Å². The molecule has 9 nitrogen and oxygen atoms in total. The Bertz CT molecular complexity index is 1270. The smallest absolute Gasteiger partial charge is 0.278 e. The minimum Gasteiger partial charge on any atom is -0.497 e. The van der Waals surface area contributed by atoms with Crippen molar-refractivity contribution < 1.29 is 9.53 Å². The number of anilines is 1. The molecule has 32 heavy (non-hydrogen) atoms. The summed E-state index contributed by atoms with van der Waals surface area (Å²) >= 11 is 0. The Hall–Kier alpha value is -3.64. The van der Waals surface area contributed by atoms with Gasteiger partial charge in [-0.15, -0.1) is 0 Å². The van der Waals surface area contributed by atoms with Gasteiger partial charge in [-0.1, -0.05) is 12.1 Å². The third-order valence-corrected chi connectivity index (χ3v) is 5.89. The molecule has 1 fully saturated rings. The van der Waals surface area contributed by atoms with Crippen LogP contribution in [0.2, 0.25) is 0 Å². The topological polar surface area (TPSA) is 119 Å². The first-order chi connectivity index (χ1) is 15.5. The number of carbonyl (C=O) groups is 1. The van der Waals surface area contributed by atoms with Crippen LogP contribution in [0.3, 0.4) is 0 Å². The third kappa shape index (κ3) is 3.74. The van der Waals surface area contributed by atoms with Crippen molar-refractivity contribution in [3.05, 3.63) is 52.1 Å². The van der Waals surface area contributed by atoms with Gasteiger partial charge in [-0.25, -0.2) is 4.98 Å². The van der Waals surface area contributed by atoms with Crippen molar-refractivity contribution in [1.82, 2.24) is 14.1 Å². The molecular weight excluding hydrogens is 408 g/mol. The number of methoxy groups -OCH3 is 1. The Morgan fingerprint density at radius 3 is 2.91 bits per heavy atom. The number of nitrogens with two attached hydrogens (primary N) is 1. The van der Waals surface area contributed by atoms with Crippen LogP contribution in [0.15, 0.2) is 35.4 Å². The van der Waals surface area contributed by atoms with Gasteiger partial charge in [-0.05, 0) is 31.9 Å². The number of Topliss-reactive ketones (excluding diaryl/α,β-unsaturated/α-hetero) is 1. The van der Waals surface area contributed by atoms with Gasteiger partial charge in [0.05, 0.1) is 20.0 Å². The summed E-state index contributed by atoms with van der Waals surface area (Å²) in [6, 6.07) is 9.06. The molecule has 0 spiro atoms. The largest absolute Gasteiger partial charge is 0.497 e. The van der Waals surface area contributed by atoms with Crippen LogP contribution in [0.25, 0.3) is 11.0 Å². The molecule has 9 heteroatoms. The average Bonchev–Trinajstić information content (AvgIpc) is 3.15. The number of aryl methyl sites for hydroxylation is 1. The number of hydrogen-bond donors (Lipinski definition) is 1. The zero-order valence-electron chi connectivity index (χ0n) is 18.2. The molecule has 0 unspecified atom stereocenters. The van der Waals surface area contributed by atoms with E-state index in [1.54, 1.807) is 24.3 Å². The minimum absolute atomic E-state index is 0.0173. The summed E-state index contributed by atoms with van der Waals surface area (Å²) in [5, 5.41) is 9.89. The van der Waals surface area contributed by atoms with Gasteiger partial charge in [-0.3, -0.25) is 14.2 Å². The molecule has 4 rings (SSSR count). The van der Waals surface area contributed by atoms with E-state index in [-0.39, 0.29) is 23.9 Å². The SMILES string of the molecule is CCn1c(N2CCC[C@@H](N)C2)c(C#N)c2ncn(CC(=O)c3cccc(OC)c3)c(=O)c21. The van der Waals surface area contributed by atoms with Crippen molar-refractivity contribution in [2.75, 3.05) is 25.1 Å². The number of hydrogen-bond acceptors (Lipinski definition) is 7. The molecule has 0 bridgehead atoms. The van der Waals surface area contributed by atoms with Crippen LogP contribution < -0.4 is 20.9 Å². The van der Waals surface area contributed by atoms with E-state index in [4.69, 9.17) is 10.5 Å². The fourth-order valence-corrected chi connectivity index (χ4v) is 4.35. The van der Waals surface area contributed by atoms with Crippen LogP contribution in [0, 0.1) is 11.3 Å². The van der Waals surface area contributed by atoms with E-state index in [2.05, 4.69) is 16.0 Å². The second kappa shape index (κ2) is 8.85. The van der Waals surface area contributed by atoms with E-state index in [9.17, 15) is 14.9 Å². The number of piperidine rings is 1.